The summed E-state index contributed by atoms with van der Waals surface area (Å²) in [5.74, 6) is -0.824. The third-order valence-electron chi connectivity index (χ3n) is 5.03. The van der Waals surface area contributed by atoms with Gasteiger partial charge in [0.1, 0.15) is 23.6 Å². The summed E-state index contributed by atoms with van der Waals surface area (Å²) >= 11 is 0. The number of nitrogens with two attached hydrogens (primary N) is 1. The van der Waals surface area contributed by atoms with E-state index in [1.165, 1.54) is 24.1 Å². The van der Waals surface area contributed by atoms with Crippen LogP contribution in [0.1, 0.15) is 26.5 Å². The molecule has 3 aromatic rings. The maximum absolute atomic E-state index is 14.8. The molecule has 36 heavy (non-hydrogen) atoms. The smallest absolute Gasteiger partial charge is 0.342 e. The normalized spacial score (nSPS) is 20.0. The molecular weight excluding hydrogens is 494 g/mol. The van der Waals surface area contributed by atoms with Crippen LogP contribution < -0.4 is 15.3 Å². The molecule has 0 aliphatic carbocycles. The van der Waals surface area contributed by atoms with Crippen molar-refractivity contribution in [3.8, 4) is 5.75 Å². The first kappa shape index (κ1) is 25.7. The molecule has 3 N–H and O–H groups in total. The monoisotopic (exact) mass is 520 g/mol. The first-order valence-electron chi connectivity index (χ1n) is 11.1. The van der Waals surface area contributed by atoms with Crippen LogP contribution >= 0.6 is 7.52 Å². The Labute approximate surface area is 206 Å². The van der Waals surface area contributed by atoms with E-state index in [1.54, 1.807) is 30.3 Å². The summed E-state index contributed by atoms with van der Waals surface area (Å²) in [6.07, 6.45) is 1.33. The third-order valence-corrected chi connectivity index (χ3v) is 6.81. The van der Waals surface area contributed by atoms with Gasteiger partial charge in [0.15, 0.2) is 36.2 Å². The Bertz CT molecular complexity index is 1290. The van der Waals surface area contributed by atoms with E-state index in [0.29, 0.717) is 17.7 Å². The molecule has 0 radical (unpaired) electrons. The fourth-order valence-corrected chi connectivity index (χ4v) is 5.04. The van der Waals surface area contributed by atoms with Crippen molar-refractivity contribution < 1.29 is 32.5 Å². The van der Waals surface area contributed by atoms with Crippen LogP contribution in [-0.2, 0) is 23.6 Å². The molecule has 4 rings (SSSR count). The van der Waals surface area contributed by atoms with Crippen LogP contribution in [0.3, 0.4) is 0 Å². The number of imidazole rings is 1. The minimum absolute atomic E-state index is 0.144. The number of benzene rings is 1. The SMILES string of the molecule is CCCOC(=O)C(C)NP(=O)(CO[C@@H]1C=C(F)[C@H](n2cnc3c(N)ncnc32)O1)Oc1ccccc1. The lowest BCUT2D eigenvalue weighted by atomic mass is 10.3. The molecule has 0 saturated heterocycles. The number of fused-ring (bicyclic) bond motifs is 1. The lowest BCUT2D eigenvalue weighted by molar-refractivity contribution is -0.145. The van der Waals surface area contributed by atoms with Gasteiger partial charge in [-0.3, -0.25) is 13.9 Å². The van der Waals surface area contributed by atoms with Crippen LogP contribution in [0.15, 0.2) is 54.9 Å². The van der Waals surface area contributed by atoms with Crippen molar-refractivity contribution in [3.05, 3.63) is 54.9 Å². The topological polar surface area (TPSA) is 153 Å². The van der Waals surface area contributed by atoms with Gasteiger partial charge in [-0.2, -0.15) is 0 Å². The predicted octanol–water partition coefficient (Wildman–Crippen LogP) is 3.29. The lowest BCUT2D eigenvalue weighted by Crippen LogP contribution is -2.36. The molecule has 1 aliphatic rings. The molecule has 0 fully saturated rings. The Morgan fingerprint density at radius 2 is 2.08 bits per heavy atom. The van der Waals surface area contributed by atoms with Gasteiger partial charge in [-0.15, -0.1) is 0 Å². The van der Waals surface area contributed by atoms with E-state index in [4.69, 9.17) is 24.5 Å². The highest BCUT2D eigenvalue weighted by atomic mass is 31.2. The maximum Gasteiger partial charge on any atom is 0.342 e. The molecule has 2 aromatic heterocycles. The van der Waals surface area contributed by atoms with Gasteiger partial charge in [0.25, 0.3) is 0 Å². The average Bonchev–Trinajstić information content (AvgIpc) is 3.45. The summed E-state index contributed by atoms with van der Waals surface area (Å²) in [5, 5.41) is 2.67. The zero-order chi connectivity index (χ0) is 25.7. The number of nitrogens with one attached hydrogen (secondary N) is 1. The number of hydrogen-bond donors (Lipinski definition) is 2. The number of anilines is 1. The van der Waals surface area contributed by atoms with E-state index in [2.05, 4.69) is 20.0 Å². The molecule has 1 aliphatic heterocycles. The number of esters is 1. The molecule has 1 aromatic carbocycles. The molecular formula is C22H26FN6O6P. The number of rotatable bonds is 11. The Balaban J connectivity index is 1.46. The van der Waals surface area contributed by atoms with Gasteiger partial charge in [0, 0.05) is 6.08 Å². The van der Waals surface area contributed by atoms with E-state index >= 15 is 0 Å². The molecule has 0 saturated carbocycles. The summed E-state index contributed by atoms with van der Waals surface area (Å²) in [6, 6.07) is 7.43. The molecule has 14 heteroatoms. The molecule has 4 atom stereocenters. The van der Waals surface area contributed by atoms with Gasteiger partial charge in [0.2, 0.25) is 0 Å². The Kier molecular flexibility index (Phi) is 7.94. The van der Waals surface area contributed by atoms with Crippen LogP contribution in [0.5, 0.6) is 5.75 Å². The zero-order valence-electron chi connectivity index (χ0n) is 19.6. The number of nitrogen functional groups attached to an aromatic ring is 1. The Morgan fingerprint density at radius 1 is 1.31 bits per heavy atom. The Hall–Kier alpha value is -3.38. The van der Waals surface area contributed by atoms with Gasteiger partial charge >= 0.3 is 13.5 Å². The number of hydrogen-bond acceptors (Lipinski definition) is 10. The fraction of sp³-hybridized carbons (Fsp3) is 0.364. The van der Waals surface area contributed by atoms with Gasteiger partial charge in [0.05, 0.1) is 12.9 Å². The molecule has 0 spiro atoms. The molecule has 0 amide bonds. The van der Waals surface area contributed by atoms with Crippen LogP contribution in [0.4, 0.5) is 10.2 Å². The molecule has 192 valence electrons. The van der Waals surface area contributed by atoms with Gasteiger partial charge in [-0.25, -0.2) is 24.4 Å². The van der Waals surface area contributed by atoms with Gasteiger partial charge in [-0.05, 0) is 25.5 Å². The van der Waals surface area contributed by atoms with Crippen molar-refractivity contribution >= 4 is 30.5 Å². The molecule has 3 heterocycles. The highest BCUT2D eigenvalue weighted by Crippen LogP contribution is 2.45. The van der Waals surface area contributed by atoms with Gasteiger partial charge < -0.3 is 24.5 Å². The number of carbonyl (C=O) groups is 1. The van der Waals surface area contributed by atoms with Crippen molar-refractivity contribution in [1.82, 2.24) is 24.6 Å². The van der Waals surface area contributed by atoms with E-state index in [0.717, 1.165) is 6.08 Å². The van der Waals surface area contributed by atoms with Crippen molar-refractivity contribution in [1.29, 1.82) is 0 Å². The zero-order valence-corrected chi connectivity index (χ0v) is 20.5. The molecule has 2 unspecified atom stereocenters. The Morgan fingerprint density at radius 3 is 2.83 bits per heavy atom. The number of para-hydroxylation sites is 1. The number of nitrogens with zero attached hydrogens (tertiary/aromatic N) is 4. The average molecular weight is 520 g/mol. The second kappa shape index (κ2) is 11.1. The van der Waals surface area contributed by atoms with E-state index in [1.807, 2.05) is 6.92 Å². The lowest BCUT2D eigenvalue weighted by Gasteiger charge is -2.24. The highest BCUT2D eigenvalue weighted by Gasteiger charge is 2.36. The number of halogens is 1. The van der Waals surface area contributed by atoms with Crippen LogP contribution in [0, 0.1) is 0 Å². The third kappa shape index (κ3) is 5.88. The maximum atomic E-state index is 14.8. The standard InChI is InChI=1S/C22H26FN6O6P/c1-3-9-32-22(30)14(2)28-36(31,35-15-7-5-4-6-8-15)13-33-17-10-16(23)21(34-17)29-12-27-18-19(24)25-11-26-20(18)29/h4-8,10-12,14,17,21H,3,9,13H2,1-2H3,(H,28,31)(H2,24,25,26)/t14?,17-,21+,36?/m0/s1. The second-order valence-electron chi connectivity index (χ2n) is 7.88. The first-order valence-corrected chi connectivity index (χ1v) is 13.0. The largest absolute Gasteiger partial charge is 0.465 e. The molecule has 12 nitrogen and oxygen atoms in total. The van der Waals surface area contributed by atoms with Gasteiger partial charge in [-0.1, -0.05) is 25.1 Å². The van der Waals surface area contributed by atoms with Crippen molar-refractivity contribution in [2.45, 2.75) is 38.8 Å². The van der Waals surface area contributed by atoms with Crippen LogP contribution in [0.25, 0.3) is 11.2 Å². The highest BCUT2D eigenvalue weighted by molar-refractivity contribution is 7.57. The van der Waals surface area contributed by atoms with E-state index < -0.39 is 44.2 Å². The summed E-state index contributed by atoms with van der Waals surface area (Å²) < 4.78 is 51.8. The van der Waals surface area contributed by atoms with Crippen molar-refractivity contribution in [2.75, 3.05) is 18.7 Å². The minimum Gasteiger partial charge on any atom is -0.465 e. The van der Waals surface area contributed by atoms with Crippen LogP contribution in [0.2, 0.25) is 0 Å². The number of carbonyl (C=O) groups excluding carboxylic acids is 1. The van der Waals surface area contributed by atoms with Crippen molar-refractivity contribution in [3.63, 3.8) is 0 Å². The number of ether oxygens (including phenoxy) is 3. The fourth-order valence-electron chi connectivity index (χ4n) is 3.36. The minimum atomic E-state index is -3.84. The molecule has 0 bridgehead atoms. The quantitative estimate of drug-likeness (QED) is 0.283. The summed E-state index contributed by atoms with van der Waals surface area (Å²) in [5.41, 5.74) is 6.36. The van der Waals surface area contributed by atoms with E-state index in [9.17, 15) is 13.8 Å². The predicted molar refractivity (Wildman–Crippen MR) is 127 cm³/mol. The van der Waals surface area contributed by atoms with E-state index in [-0.39, 0.29) is 18.1 Å². The van der Waals surface area contributed by atoms with Crippen LogP contribution in [-0.4, -0.2) is 50.8 Å². The summed E-state index contributed by atoms with van der Waals surface area (Å²) in [6.45, 7) is 3.59. The first-order chi connectivity index (χ1) is 17.3. The summed E-state index contributed by atoms with van der Waals surface area (Å²) in [7, 11) is -3.84. The summed E-state index contributed by atoms with van der Waals surface area (Å²) in [4.78, 5) is 24.3. The number of aromatic nitrogens is 4. The second-order valence-corrected chi connectivity index (χ2v) is 9.93. The van der Waals surface area contributed by atoms with Crippen molar-refractivity contribution in [2.24, 2.45) is 0 Å².